The summed E-state index contributed by atoms with van der Waals surface area (Å²) in [5, 5.41) is 2.98. The first-order valence-corrected chi connectivity index (χ1v) is 9.69. The summed E-state index contributed by atoms with van der Waals surface area (Å²) in [6, 6.07) is 9.30. The molecule has 1 unspecified atom stereocenters. The van der Waals surface area contributed by atoms with E-state index in [1.165, 1.54) is 0 Å². The lowest BCUT2D eigenvalue weighted by Crippen LogP contribution is -2.43. The molecule has 150 valence electrons. The molecule has 8 heteroatoms. The van der Waals surface area contributed by atoms with Gasteiger partial charge in [0.2, 0.25) is 6.79 Å². The van der Waals surface area contributed by atoms with E-state index in [0.29, 0.717) is 5.75 Å². The number of rotatable bonds is 6. The van der Waals surface area contributed by atoms with Gasteiger partial charge in [0.15, 0.2) is 11.5 Å². The van der Waals surface area contributed by atoms with Gasteiger partial charge in [-0.15, -0.1) is 11.3 Å². The second-order valence-electron chi connectivity index (χ2n) is 6.62. The summed E-state index contributed by atoms with van der Waals surface area (Å²) in [6.07, 6.45) is 0.0932. The number of benzene rings is 1. The molecule has 0 bridgehead atoms. The minimum atomic E-state index is -0.429. The minimum Gasteiger partial charge on any atom is -0.461 e. The van der Waals surface area contributed by atoms with Crippen molar-refractivity contribution < 1.29 is 28.6 Å². The van der Waals surface area contributed by atoms with Gasteiger partial charge in [-0.25, -0.2) is 4.79 Å². The second-order valence-corrected chi connectivity index (χ2v) is 7.54. The molecule has 0 radical (unpaired) electrons. The Kier molecular flexibility index (Phi) is 7.61. The number of hydrogen-bond acceptors (Lipinski definition) is 8. The Bertz CT molecular complexity index is 812. The highest BCUT2D eigenvalue weighted by Crippen LogP contribution is 2.40. The van der Waals surface area contributed by atoms with E-state index in [1.54, 1.807) is 11.3 Å². The van der Waals surface area contributed by atoms with E-state index < -0.39 is 6.04 Å². The summed E-state index contributed by atoms with van der Waals surface area (Å²) in [5.74, 6) is 1.26. The Labute approximate surface area is 167 Å². The summed E-state index contributed by atoms with van der Waals surface area (Å²) in [4.78, 5) is 31.1. The van der Waals surface area contributed by atoms with Gasteiger partial charge in [0.05, 0.1) is 11.1 Å². The molecule has 2 aromatic rings. The molecule has 0 saturated carbocycles. The van der Waals surface area contributed by atoms with Gasteiger partial charge in [0.1, 0.15) is 6.04 Å². The van der Waals surface area contributed by atoms with Gasteiger partial charge in [-0.2, -0.15) is 9.59 Å². The number of fused-ring (bicyclic) bond motifs is 1. The molecule has 0 spiro atoms. The third-order valence-electron chi connectivity index (χ3n) is 3.88. The van der Waals surface area contributed by atoms with Crippen LogP contribution in [-0.2, 0) is 19.1 Å². The predicted molar refractivity (Wildman–Crippen MR) is 104 cm³/mol. The second kappa shape index (κ2) is 9.92. The zero-order valence-electron chi connectivity index (χ0n) is 16.2. The third kappa shape index (κ3) is 5.12. The molecular weight excluding hydrogens is 382 g/mol. The highest BCUT2D eigenvalue weighted by atomic mass is 32.1. The van der Waals surface area contributed by atoms with E-state index in [9.17, 15) is 4.79 Å². The molecule has 7 nitrogen and oxygen atoms in total. The van der Waals surface area contributed by atoms with Crippen molar-refractivity contribution in [2.75, 3.05) is 11.7 Å². The van der Waals surface area contributed by atoms with Crippen LogP contribution in [0.1, 0.15) is 27.7 Å². The van der Waals surface area contributed by atoms with Crippen LogP contribution < -0.4 is 14.4 Å². The van der Waals surface area contributed by atoms with Gasteiger partial charge in [-0.1, -0.05) is 13.8 Å². The van der Waals surface area contributed by atoms with Crippen molar-refractivity contribution in [2.24, 2.45) is 5.92 Å². The van der Waals surface area contributed by atoms with Crippen LogP contribution in [0, 0.1) is 5.92 Å². The summed E-state index contributed by atoms with van der Waals surface area (Å²) in [5.41, 5.74) is 0.881. The first kappa shape index (κ1) is 21.5. The number of nitrogens with zero attached hydrogens (tertiary/aromatic N) is 1. The third-order valence-corrected chi connectivity index (χ3v) is 4.75. The smallest absolute Gasteiger partial charge is 0.373 e. The lowest BCUT2D eigenvalue weighted by atomic mass is 10.0. The van der Waals surface area contributed by atoms with Gasteiger partial charge in [0.25, 0.3) is 0 Å². The van der Waals surface area contributed by atoms with Crippen LogP contribution in [0.15, 0.2) is 35.7 Å². The molecule has 0 saturated heterocycles. The maximum Gasteiger partial charge on any atom is 0.373 e. The average molecular weight is 405 g/mol. The highest BCUT2D eigenvalue weighted by molar-refractivity contribution is 7.14. The molecule has 0 amide bonds. The van der Waals surface area contributed by atoms with E-state index in [-0.39, 0.29) is 30.9 Å². The number of anilines is 2. The lowest BCUT2D eigenvalue weighted by Gasteiger charge is -2.34. The maximum atomic E-state index is 12.8. The Balaban J connectivity index is 0.000000878. The highest BCUT2D eigenvalue weighted by Gasteiger charge is 2.33. The molecule has 1 aliphatic rings. The quantitative estimate of drug-likeness (QED) is 0.672. The Morgan fingerprint density at radius 1 is 1.14 bits per heavy atom. The van der Waals surface area contributed by atoms with Crippen LogP contribution in [0.4, 0.5) is 10.7 Å². The molecule has 1 aliphatic heterocycles. The molecule has 1 atom stereocenters. The zero-order valence-corrected chi connectivity index (χ0v) is 17.0. The lowest BCUT2D eigenvalue weighted by molar-refractivity contribution is -0.191. The zero-order chi connectivity index (χ0) is 20.7. The fraction of sp³-hybridized carbons (Fsp3) is 0.400. The average Bonchev–Trinajstić information content (AvgIpc) is 3.30. The van der Waals surface area contributed by atoms with Crippen molar-refractivity contribution in [2.45, 2.75) is 39.8 Å². The monoisotopic (exact) mass is 405 g/mol. The molecule has 0 aliphatic carbocycles. The SMILES string of the molecule is CC(C)OC(=O)C(C(C)C)N(c1ccc2c(c1)OCO2)c1cccs1.O=C=O. The number of carbonyl (C=O) groups excluding carboxylic acids is 3. The van der Waals surface area contributed by atoms with E-state index in [2.05, 4.69) is 0 Å². The summed E-state index contributed by atoms with van der Waals surface area (Å²) in [6.45, 7) is 8.01. The first-order valence-electron chi connectivity index (χ1n) is 8.81. The van der Waals surface area contributed by atoms with Crippen molar-refractivity contribution in [1.82, 2.24) is 0 Å². The summed E-state index contributed by atoms with van der Waals surface area (Å²) in [7, 11) is 0. The maximum absolute atomic E-state index is 12.8. The minimum absolute atomic E-state index is 0.0683. The Morgan fingerprint density at radius 2 is 1.82 bits per heavy atom. The van der Waals surface area contributed by atoms with Crippen molar-refractivity contribution in [1.29, 1.82) is 0 Å². The van der Waals surface area contributed by atoms with Crippen LogP contribution >= 0.6 is 11.3 Å². The number of carbonyl (C=O) groups is 1. The topological polar surface area (TPSA) is 82.1 Å². The molecule has 1 aromatic carbocycles. The number of thiophene rings is 1. The van der Waals surface area contributed by atoms with Gasteiger partial charge in [0, 0.05) is 11.8 Å². The molecule has 1 aromatic heterocycles. The van der Waals surface area contributed by atoms with Crippen molar-refractivity contribution in [3.63, 3.8) is 0 Å². The van der Waals surface area contributed by atoms with Crippen molar-refractivity contribution in [3.8, 4) is 11.5 Å². The number of esters is 1. The standard InChI is InChI=1S/C19H23NO4S.CO2/c1-12(2)18(19(21)24-13(3)4)20(17-6-5-9-25-17)14-7-8-15-16(10-14)23-11-22-15;2-1-3/h5-10,12-13,18H,11H2,1-4H3;. The van der Waals surface area contributed by atoms with Gasteiger partial charge >= 0.3 is 12.1 Å². The van der Waals surface area contributed by atoms with Crippen LogP contribution in [0.25, 0.3) is 0 Å². The molecule has 2 heterocycles. The van der Waals surface area contributed by atoms with E-state index in [4.69, 9.17) is 23.8 Å². The summed E-state index contributed by atoms with van der Waals surface area (Å²) < 4.78 is 16.4. The normalized spacial score (nSPS) is 12.8. The largest absolute Gasteiger partial charge is 0.461 e. The van der Waals surface area contributed by atoms with Gasteiger partial charge in [-0.3, -0.25) is 0 Å². The summed E-state index contributed by atoms with van der Waals surface area (Å²) >= 11 is 1.59. The van der Waals surface area contributed by atoms with Crippen molar-refractivity contribution in [3.05, 3.63) is 35.7 Å². The molecule has 28 heavy (non-hydrogen) atoms. The van der Waals surface area contributed by atoms with Crippen LogP contribution in [0.5, 0.6) is 11.5 Å². The molecule has 0 fully saturated rings. The van der Waals surface area contributed by atoms with Gasteiger partial charge < -0.3 is 19.1 Å². The van der Waals surface area contributed by atoms with Crippen LogP contribution in [-0.4, -0.2) is 31.1 Å². The molecule has 0 N–H and O–H groups in total. The van der Waals surface area contributed by atoms with E-state index in [0.717, 1.165) is 16.4 Å². The Hall–Kier alpha value is -2.83. The van der Waals surface area contributed by atoms with E-state index in [1.807, 2.05) is 68.3 Å². The molecular formula is C20H23NO6S. The van der Waals surface area contributed by atoms with Crippen molar-refractivity contribution >= 4 is 34.1 Å². The van der Waals surface area contributed by atoms with E-state index >= 15 is 0 Å². The van der Waals surface area contributed by atoms with Crippen LogP contribution in [0.2, 0.25) is 0 Å². The first-order chi connectivity index (χ1) is 13.4. The van der Waals surface area contributed by atoms with Gasteiger partial charge in [-0.05, 0) is 49.4 Å². The van der Waals surface area contributed by atoms with Crippen LogP contribution in [0.3, 0.4) is 0 Å². The fourth-order valence-electron chi connectivity index (χ4n) is 2.84. The Morgan fingerprint density at radius 3 is 2.39 bits per heavy atom. The predicted octanol–water partition coefficient (Wildman–Crippen LogP) is 4.01. The fourth-order valence-corrected chi connectivity index (χ4v) is 3.63. The number of hydrogen-bond donors (Lipinski definition) is 0. The molecule has 3 rings (SSSR count). The number of ether oxygens (including phenoxy) is 3.